The molecule has 7 fully saturated rings. The van der Waals surface area contributed by atoms with Gasteiger partial charge in [-0.25, -0.2) is 4.79 Å². The predicted octanol–water partition coefficient (Wildman–Crippen LogP) is 8.77. The van der Waals surface area contributed by atoms with Crippen LogP contribution in [0.3, 0.4) is 0 Å². The van der Waals surface area contributed by atoms with Gasteiger partial charge in [0.15, 0.2) is 0 Å². The average molecular weight is 695 g/mol. The van der Waals surface area contributed by atoms with Gasteiger partial charge >= 0.3 is 17.8 Å². The van der Waals surface area contributed by atoms with E-state index in [2.05, 4.69) is 13.8 Å². The van der Waals surface area contributed by atoms with E-state index in [9.17, 15) is 19.2 Å². The van der Waals surface area contributed by atoms with Crippen LogP contribution in [0.25, 0.3) is 0 Å². The molecule has 0 N–H and O–H groups in total. The van der Waals surface area contributed by atoms with Crippen molar-refractivity contribution in [2.24, 2.45) is 35.5 Å². The Bertz CT molecular complexity index is 1180. The normalized spacial score (nSPS) is 41.1. The second-order valence-corrected chi connectivity index (χ2v) is 18.1. The van der Waals surface area contributed by atoms with Crippen LogP contribution in [-0.2, 0) is 23.9 Å². The van der Waals surface area contributed by atoms with Gasteiger partial charge in [0.05, 0.1) is 24.4 Å². The third-order valence-corrected chi connectivity index (χ3v) is 14.8. The first-order chi connectivity index (χ1) is 24.2. The van der Waals surface area contributed by atoms with E-state index in [-0.39, 0.29) is 30.0 Å². The zero-order valence-corrected chi connectivity index (χ0v) is 31.2. The highest BCUT2D eigenvalue weighted by atomic mass is 16.5. The number of rotatable bonds is 9. The molecule has 7 aliphatic rings. The number of hydrogen-bond acceptors (Lipinski definition) is 6. The highest BCUT2D eigenvalue weighted by molar-refractivity contribution is 6.44. The van der Waals surface area contributed by atoms with Crippen LogP contribution in [0.1, 0.15) is 168 Å². The fourth-order valence-electron chi connectivity index (χ4n) is 11.5. The lowest BCUT2D eigenvalue weighted by atomic mass is 9.64. The predicted molar refractivity (Wildman–Crippen MR) is 192 cm³/mol. The summed E-state index contributed by atoms with van der Waals surface area (Å²) in [6.07, 6.45) is 26.9. The van der Waals surface area contributed by atoms with E-state index < -0.39 is 11.8 Å². The molecule has 1 saturated heterocycles. The summed E-state index contributed by atoms with van der Waals surface area (Å²) in [5.41, 5.74) is 0. The van der Waals surface area contributed by atoms with Crippen molar-refractivity contribution in [3.05, 3.63) is 0 Å². The Kier molecular flexibility index (Phi) is 12.0. The van der Waals surface area contributed by atoms with E-state index in [1.807, 2.05) is 0 Å². The maximum atomic E-state index is 14.0. The second kappa shape index (κ2) is 16.5. The number of urea groups is 1. The summed E-state index contributed by atoms with van der Waals surface area (Å²) >= 11 is 0. The fourth-order valence-corrected chi connectivity index (χ4v) is 11.5. The SMILES string of the molecule is CC1CCC(N2C(=O)C(=O)N(C3CCC(C4CCC(C)C(C(=O)C5CCC(OC6CCC(OC7CCCCC7)CC6)CC5)C4)CC3)C2=O)CC1. The highest BCUT2D eigenvalue weighted by Gasteiger charge is 2.51. The maximum Gasteiger partial charge on any atom is 0.334 e. The van der Waals surface area contributed by atoms with E-state index in [4.69, 9.17) is 9.47 Å². The quantitative estimate of drug-likeness (QED) is 0.177. The Morgan fingerprint density at radius 3 is 1.52 bits per heavy atom. The summed E-state index contributed by atoms with van der Waals surface area (Å²) in [7, 11) is 0. The molecular formula is C42H66N2O6. The number of nitrogens with zero attached hydrogens (tertiary/aromatic N) is 2. The molecule has 280 valence electrons. The van der Waals surface area contributed by atoms with Gasteiger partial charge in [-0.3, -0.25) is 24.2 Å². The lowest BCUT2D eigenvalue weighted by Gasteiger charge is -2.42. The van der Waals surface area contributed by atoms with E-state index >= 15 is 0 Å². The number of amides is 4. The van der Waals surface area contributed by atoms with Crippen LogP contribution in [0.15, 0.2) is 0 Å². The number of ether oxygens (including phenoxy) is 2. The molecule has 1 heterocycles. The fraction of sp³-hybridized carbons (Fsp3) is 0.905. The van der Waals surface area contributed by atoms with E-state index in [0.717, 1.165) is 116 Å². The van der Waals surface area contributed by atoms with E-state index in [1.54, 1.807) is 0 Å². The van der Waals surface area contributed by atoms with Gasteiger partial charge in [-0.15, -0.1) is 0 Å². The number of carbonyl (C=O) groups excluding carboxylic acids is 4. The third-order valence-electron chi connectivity index (χ3n) is 14.8. The molecular weight excluding hydrogens is 628 g/mol. The number of hydrogen-bond donors (Lipinski definition) is 0. The van der Waals surface area contributed by atoms with Crippen molar-refractivity contribution >= 4 is 23.6 Å². The second-order valence-electron chi connectivity index (χ2n) is 18.1. The van der Waals surface area contributed by atoms with Gasteiger partial charge in [-0.1, -0.05) is 33.1 Å². The molecule has 0 aromatic carbocycles. The molecule has 0 aromatic heterocycles. The minimum Gasteiger partial charge on any atom is -0.375 e. The summed E-state index contributed by atoms with van der Waals surface area (Å²) in [5, 5.41) is 0. The third kappa shape index (κ3) is 8.21. The van der Waals surface area contributed by atoms with Crippen LogP contribution in [0.2, 0.25) is 0 Å². The molecule has 8 nitrogen and oxygen atoms in total. The molecule has 6 aliphatic carbocycles. The van der Waals surface area contributed by atoms with Crippen LogP contribution >= 0.6 is 0 Å². The van der Waals surface area contributed by atoms with Gasteiger partial charge < -0.3 is 9.47 Å². The molecule has 8 heteroatoms. The molecule has 0 radical (unpaired) electrons. The Morgan fingerprint density at radius 2 is 0.980 bits per heavy atom. The van der Waals surface area contributed by atoms with Gasteiger partial charge in [0.25, 0.3) is 0 Å². The smallest absolute Gasteiger partial charge is 0.334 e. The molecule has 0 aromatic rings. The van der Waals surface area contributed by atoms with Crippen molar-refractivity contribution < 1.29 is 28.7 Å². The molecule has 50 heavy (non-hydrogen) atoms. The van der Waals surface area contributed by atoms with Crippen LogP contribution < -0.4 is 0 Å². The molecule has 3 unspecified atom stereocenters. The summed E-state index contributed by atoms with van der Waals surface area (Å²) in [4.78, 5) is 56.1. The molecule has 4 amide bonds. The number of imide groups is 2. The standard InChI is InChI=1S/C42H66N2O6/c1-27-8-16-32(17-9-27)43-40(46)41(47)44(42(43)48)33-18-12-29(13-19-33)31-11-10-28(2)38(26-31)39(45)30-14-20-35(21-15-30)50-37-24-22-36(23-25-37)49-34-6-4-3-5-7-34/h27-38H,3-26H2,1-2H3. The van der Waals surface area contributed by atoms with Gasteiger partial charge in [-0.2, -0.15) is 0 Å². The first-order valence-electron chi connectivity index (χ1n) is 21.3. The first-order valence-corrected chi connectivity index (χ1v) is 21.3. The lowest BCUT2D eigenvalue weighted by Crippen LogP contribution is -2.46. The Morgan fingerprint density at radius 1 is 0.520 bits per heavy atom. The van der Waals surface area contributed by atoms with Crippen molar-refractivity contribution in [3.8, 4) is 0 Å². The maximum absolute atomic E-state index is 14.0. The van der Waals surface area contributed by atoms with Gasteiger partial charge in [-0.05, 0) is 159 Å². The van der Waals surface area contributed by atoms with Crippen molar-refractivity contribution in [3.63, 3.8) is 0 Å². The molecule has 7 rings (SSSR count). The zero-order valence-electron chi connectivity index (χ0n) is 31.2. The Labute approximate surface area is 301 Å². The molecule has 3 atom stereocenters. The van der Waals surface area contributed by atoms with E-state index in [0.29, 0.717) is 53.9 Å². The van der Waals surface area contributed by atoms with Crippen molar-refractivity contribution in [2.75, 3.05) is 0 Å². The Balaban J connectivity index is 0.839. The Hall–Kier alpha value is -1.80. The number of ketones is 1. The minimum absolute atomic E-state index is 0.131. The molecule has 1 aliphatic heterocycles. The van der Waals surface area contributed by atoms with Crippen LogP contribution in [0, 0.1) is 35.5 Å². The summed E-state index contributed by atoms with van der Waals surface area (Å²) in [6, 6.07) is -0.675. The molecule has 0 spiro atoms. The van der Waals surface area contributed by atoms with Crippen molar-refractivity contribution in [1.29, 1.82) is 0 Å². The number of carbonyl (C=O) groups is 4. The summed E-state index contributed by atoms with van der Waals surface area (Å²) < 4.78 is 13.1. The molecule has 6 saturated carbocycles. The van der Waals surface area contributed by atoms with Crippen molar-refractivity contribution in [1.82, 2.24) is 9.80 Å². The highest BCUT2D eigenvalue weighted by Crippen LogP contribution is 2.46. The largest absolute Gasteiger partial charge is 0.375 e. The van der Waals surface area contributed by atoms with Gasteiger partial charge in [0, 0.05) is 23.9 Å². The lowest BCUT2D eigenvalue weighted by molar-refractivity contribution is -0.145. The summed E-state index contributed by atoms with van der Waals surface area (Å²) in [6.45, 7) is 4.50. The van der Waals surface area contributed by atoms with Gasteiger partial charge in [0.1, 0.15) is 5.78 Å². The van der Waals surface area contributed by atoms with Crippen LogP contribution in [-0.4, -0.2) is 69.9 Å². The van der Waals surface area contributed by atoms with Crippen molar-refractivity contribution in [2.45, 2.75) is 204 Å². The molecule has 0 bridgehead atoms. The van der Waals surface area contributed by atoms with Crippen LogP contribution in [0.4, 0.5) is 4.79 Å². The minimum atomic E-state index is -0.610. The van der Waals surface area contributed by atoms with Gasteiger partial charge in [0.2, 0.25) is 0 Å². The van der Waals surface area contributed by atoms with Crippen LogP contribution in [0.5, 0.6) is 0 Å². The van der Waals surface area contributed by atoms with E-state index in [1.165, 1.54) is 48.3 Å². The monoisotopic (exact) mass is 694 g/mol. The first kappa shape index (κ1) is 36.6. The summed E-state index contributed by atoms with van der Waals surface area (Å²) in [5.74, 6) is 1.73. The topological polar surface area (TPSA) is 93.2 Å². The number of Topliss-reactive ketones (excluding diaryl/α,β-unsaturated/α-hetero) is 1. The zero-order chi connectivity index (χ0) is 34.8. The average Bonchev–Trinajstić information content (AvgIpc) is 3.36.